The molecule has 0 aliphatic heterocycles. The maximum atomic E-state index is 12.1. The van der Waals surface area contributed by atoms with Gasteiger partial charge in [-0.3, -0.25) is 4.79 Å². The highest BCUT2D eigenvalue weighted by molar-refractivity contribution is 8.00. The topological polar surface area (TPSA) is 34.0 Å². The van der Waals surface area contributed by atoms with Crippen LogP contribution in [0.15, 0.2) is 59.6 Å². The number of aromatic nitrogens is 1. The summed E-state index contributed by atoms with van der Waals surface area (Å²) in [5.74, 6) is 0.283. The van der Waals surface area contributed by atoms with E-state index in [1.54, 1.807) is 12.1 Å². The van der Waals surface area contributed by atoms with Crippen LogP contribution in [0.5, 0.6) is 0 Å². The van der Waals surface area contributed by atoms with Gasteiger partial charge in [0.15, 0.2) is 0 Å². The van der Waals surface area contributed by atoms with Gasteiger partial charge in [-0.05, 0) is 18.2 Å². The van der Waals surface area contributed by atoms with E-state index in [1.807, 2.05) is 31.3 Å². The summed E-state index contributed by atoms with van der Waals surface area (Å²) in [4.78, 5) is 13.2. The SMILES string of the molecule is Cn1cc(SCC(=O)Nc2ccccc2Cl)c2ccccc21. The van der Waals surface area contributed by atoms with Crippen molar-refractivity contribution in [2.75, 3.05) is 11.1 Å². The molecule has 0 saturated carbocycles. The highest BCUT2D eigenvalue weighted by Gasteiger charge is 2.10. The van der Waals surface area contributed by atoms with Gasteiger partial charge in [-0.25, -0.2) is 0 Å². The second-order valence-electron chi connectivity index (χ2n) is 4.94. The number of anilines is 1. The molecule has 112 valence electrons. The molecular weight excluding hydrogens is 316 g/mol. The number of benzene rings is 2. The van der Waals surface area contributed by atoms with Crippen molar-refractivity contribution in [3.63, 3.8) is 0 Å². The molecule has 5 heteroatoms. The molecule has 0 aliphatic rings. The molecular formula is C17H15ClN2OS. The Morgan fingerprint density at radius 2 is 1.91 bits per heavy atom. The summed E-state index contributed by atoms with van der Waals surface area (Å²) < 4.78 is 2.07. The summed E-state index contributed by atoms with van der Waals surface area (Å²) >= 11 is 7.57. The van der Waals surface area contributed by atoms with Crippen molar-refractivity contribution < 1.29 is 4.79 Å². The van der Waals surface area contributed by atoms with Crippen LogP contribution in [-0.4, -0.2) is 16.2 Å². The van der Waals surface area contributed by atoms with Gasteiger partial charge in [0.25, 0.3) is 0 Å². The van der Waals surface area contributed by atoms with Crippen LogP contribution in [0.3, 0.4) is 0 Å². The van der Waals surface area contributed by atoms with Crippen LogP contribution < -0.4 is 5.32 Å². The van der Waals surface area contributed by atoms with E-state index in [-0.39, 0.29) is 5.91 Å². The summed E-state index contributed by atoms with van der Waals surface area (Å²) in [5.41, 5.74) is 1.81. The zero-order valence-electron chi connectivity index (χ0n) is 12.0. The molecule has 1 amide bonds. The maximum absolute atomic E-state index is 12.1. The first kappa shape index (κ1) is 15.0. The van der Waals surface area contributed by atoms with Crippen molar-refractivity contribution in [1.82, 2.24) is 4.57 Å². The second kappa shape index (κ2) is 6.46. The van der Waals surface area contributed by atoms with Crippen molar-refractivity contribution in [3.8, 4) is 0 Å². The number of carbonyl (C=O) groups is 1. The lowest BCUT2D eigenvalue weighted by atomic mass is 10.2. The first-order valence-electron chi connectivity index (χ1n) is 6.86. The van der Waals surface area contributed by atoms with Crippen LogP contribution in [0.1, 0.15) is 0 Å². The van der Waals surface area contributed by atoms with Crippen molar-refractivity contribution in [3.05, 3.63) is 59.8 Å². The van der Waals surface area contributed by atoms with Crippen LogP contribution in [0, 0.1) is 0 Å². The van der Waals surface area contributed by atoms with Crippen LogP contribution in [0.4, 0.5) is 5.69 Å². The third-order valence-corrected chi connectivity index (χ3v) is 4.74. The van der Waals surface area contributed by atoms with E-state index in [4.69, 9.17) is 11.6 Å². The fourth-order valence-corrected chi connectivity index (χ4v) is 3.41. The highest BCUT2D eigenvalue weighted by atomic mass is 35.5. The number of amides is 1. The molecule has 0 spiro atoms. The molecule has 1 aromatic heterocycles. The molecule has 3 aromatic rings. The van der Waals surface area contributed by atoms with E-state index < -0.39 is 0 Å². The van der Waals surface area contributed by atoms with Crippen LogP contribution in [0.25, 0.3) is 10.9 Å². The Bertz CT molecular complexity index is 828. The number of hydrogen-bond donors (Lipinski definition) is 1. The lowest BCUT2D eigenvalue weighted by molar-refractivity contribution is -0.113. The van der Waals surface area contributed by atoms with Crippen LogP contribution in [0.2, 0.25) is 5.02 Å². The Kier molecular flexibility index (Phi) is 4.41. The fraction of sp³-hybridized carbons (Fsp3) is 0.118. The summed E-state index contributed by atoms with van der Waals surface area (Å²) in [6, 6.07) is 15.4. The number of carbonyl (C=O) groups excluding carboxylic acids is 1. The third kappa shape index (κ3) is 3.13. The molecule has 1 N–H and O–H groups in total. The predicted octanol–water partition coefficient (Wildman–Crippen LogP) is 4.56. The highest BCUT2D eigenvalue weighted by Crippen LogP contribution is 2.29. The number of thioether (sulfide) groups is 1. The lowest BCUT2D eigenvalue weighted by Gasteiger charge is -2.06. The van der Waals surface area contributed by atoms with E-state index in [1.165, 1.54) is 17.1 Å². The van der Waals surface area contributed by atoms with Crippen LogP contribution in [-0.2, 0) is 11.8 Å². The van der Waals surface area contributed by atoms with Gasteiger partial charge in [0.05, 0.1) is 16.5 Å². The molecule has 0 atom stereocenters. The zero-order valence-corrected chi connectivity index (χ0v) is 13.6. The van der Waals surface area contributed by atoms with E-state index in [0.29, 0.717) is 16.5 Å². The summed E-state index contributed by atoms with van der Waals surface area (Å²) in [6.45, 7) is 0. The lowest BCUT2D eigenvalue weighted by Crippen LogP contribution is -2.14. The largest absolute Gasteiger partial charge is 0.349 e. The zero-order chi connectivity index (χ0) is 15.5. The number of fused-ring (bicyclic) bond motifs is 1. The Morgan fingerprint density at radius 3 is 2.73 bits per heavy atom. The van der Waals surface area contributed by atoms with Gasteiger partial charge in [-0.15, -0.1) is 11.8 Å². The number of halogens is 1. The van der Waals surface area contributed by atoms with Gasteiger partial charge in [0, 0.05) is 29.0 Å². The Hall–Kier alpha value is -1.91. The molecule has 1 heterocycles. The quantitative estimate of drug-likeness (QED) is 0.711. The number of aryl methyl sites for hydroxylation is 1. The van der Waals surface area contributed by atoms with E-state index in [2.05, 4.69) is 28.2 Å². The Balaban J connectivity index is 1.69. The Morgan fingerprint density at radius 1 is 1.18 bits per heavy atom. The number of hydrogen-bond acceptors (Lipinski definition) is 2. The van der Waals surface area contributed by atoms with Gasteiger partial charge in [-0.2, -0.15) is 0 Å². The summed E-state index contributed by atoms with van der Waals surface area (Å²) in [5, 5.41) is 4.55. The normalized spacial score (nSPS) is 10.8. The number of nitrogens with one attached hydrogen (secondary N) is 1. The summed E-state index contributed by atoms with van der Waals surface area (Å²) in [7, 11) is 2.01. The summed E-state index contributed by atoms with van der Waals surface area (Å²) in [6.07, 6.45) is 2.05. The average molecular weight is 331 g/mol. The molecule has 0 aliphatic carbocycles. The molecule has 3 rings (SSSR count). The number of nitrogens with zero attached hydrogens (tertiary/aromatic N) is 1. The number of para-hydroxylation sites is 2. The van der Waals surface area contributed by atoms with Crippen molar-refractivity contribution >= 4 is 45.9 Å². The molecule has 22 heavy (non-hydrogen) atoms. The molecule has 2 aromatic carbocycles. The van der Waals surface area contributed by atoms with Crippen molar-refractivity contribution in [2.45, 2.75) is 4.90 Å². The van der Waals surface area contributed by atoms with Gasteiger partial charge >= 0.3 is 0 Å². The minimum Gasteiger partial charge on any atom is -0.349 e. The van der Waals surface area contributed by atoms with Gasteiger partial charge in [0.2, 0.25) is 5.91 Å². The van der Waals surface area contributed by atoms with Gasteiger partial charge < -0.3 is 9.88 Å². The monoisotopic (exact) mass is 330 g/mol. The smallest absolute Gasteiger partial charge is 0.234 e. The molecule has 0 bridgehead atoms. The van der Waals surface area contributed by atoms with Crippen LogP contribution >= 0.6 is 23.4 Å². The molecule has 0 unspecified atom stereocenters. The molecule has 3 nitrogen and oxygen atoms in total. The number of rotatable bonds is 4. The minimum atomic E-state index is -0.0639. The first-order valence-corrected chi connectivity index (χ1v) is 8.23. The fourth-order valence-electron chi connectivity index (χ4n) is 2.31. The molecule has 0 radical (unpaired) electrons. The van der Waals surface area contributed by atoms with E-state index >= 15 is 0 Å². The first-order chi connectivity index (χ1) is 10.6. The van der Waals surface area contributed by atoms with Gasteiger partial charge in [0.1, 0.15) is 0 Å². The van der Waals surface area contributed by atoms with E-state index in [9.17, 15) is 4.79 Å². The minimum absolute atomic E-state index is 0.0639. The van der Waals surface area contributed by atoms with Crippen molar-refractivity contribution in [2.24, 2.45) is 7.05 Å². The average Bonchev–Trinajstić information content (AvgIpc) is 2.85. The maximum Gasteiger partial charge on any atom is 0.234 e. The van der Waals surface area contributed by atoms with Crippen molar-refractivity contribution in [1.29, 1.82) is 0 Å². The molecule has 0 fully saturated rings. The second-order valence-corrected chi connectivity index (χ2v) is 6.36. The van der Waals surface area contributed by atoms with Gasteiger partial charge in [-0.1, -0.05) is 41.9 Å². The Labute approximate surface area is 138 Å². The van der Waals surface area contributed by atoms with E-state index in [0.717, 1.165) is 10.4 Å². The third-order valence-electron chi connectivity index (χ3n) is 3.37. The predicted molar refractivity (Wildman–Crippen MR) is 93.7 cm³/mol. The standard InChI is InChI=1S/C17H15ClN2OS/c1-20-10-16(12-6-2-5-9-15(12)20)22-11-17(21)19-14-8-4-3-7-13(14)18/h2-10H,11H2,1H3,(H,19,21). The molecule has 0 saturated heterocycles.